The van der Waals surface area contributed by atoms with E-state index in [1.54, 1.807) is 18.2 Å². The number of hydrogen-bond donors (Lipinski definition) is 1. The van der Waals surface area contributed by atoms with Crippen molar-refractivity contribution in [1.82, 2.24) is 10.2 Å². The van der Waals surface area contributed by atoms with Crippen molar-refractivity contribution in [3.8, 4) is 0 Å². The van der Waals surface area contributed by atoms with E-state index in [9.17, 15) is 9.59 Å². The van der Waals surface area contributed by atoms with Gasteiger partial charge in [0.2, 0.25) is 5.78 Å². The fourth-order valence-electron chi connectivity index (χ4n) is 2.82. The summed E-state index contributed by atoms with van der Waals surface area (Å²) in [6.45, 7) is 1.41. The van der Waals surface area contributed by atoms with Crippen molar-refractivity contribution in [3.63, 3.8) is 0 Å². The summed E-state index contributed by atoms with van der Waals surface area (Å²) >= 11 is 0. The van der Waals surface area contributed by atoms with E-state index >= 15 is 0 Å². The number of para-hydroxylation sites is 2. The Hall–Kier alpha value is -3.41. The maximum Gasteiger partial charge on any atom is 0.359 e. The number of nitrogens with zero attached hydrogens (tertiary/aromatic N) is 1. The normalized spacial score (nSPS) is 11.1. The van der Waals surface area contributed by atoms with Gasteiger partial charge in [0.1, 0.15) is 5.58 Å². The van der Waals surface area contributed by atoms with Crippen LogP contribution >= 0.6 is 0 Å². The first-order valence-corrected chi connectivity index (χ1v) is 7.76. The molecule has 0 saturated carbocycles. The van der Waals surface area contributed by atoms with Crippen molar-refractivity contribution in [3.05, 3.63) is 65.5 Å². The van der Waals surface area contributed by atoms with Crippen LogP contribution in [-0.2, 0) is 4.74 Å². The fourth-order valence-corrected chi connectivity index (χ4v) is 2.82. The van der Waals surface area contributed by atoms with Gasteiger partial charge in [-0.2, -0.15) is 5.10 Å². The number of fused-ring (bicyclic) bond motifs is 2. The maximum absolute atomic E-state index is 12.4. The predicted molar refractivity (Wildman–Crippen MR) is 91.7 cm³/mol. The number of aromatic amines is 1. The van der Waals surface area contributed by atoms with Gasteiger partial charge in [-0.15, -0.1) is 0 Å². The van der Waals surface area contributed by atoms with Gasteiger partial charge >= 0.3 is 5.97 Å². The number of nitrogens with one attached hydrogen (secondary N) is 1. The third-order valence-corrected chi connectivity index (χ3v) is 4.09. The molecule has 0 atom stereocenters. The number of carbonyl (C=O) groups is 2. The first-order chi connectivity index (χ1) is 12.1. The molecule has 0 aliphatic carbocycles. The molecule has 1 N–H and O–H groups in total. The second-order valence-corrected chi connectivity index (χ2v) is 5.67. The lowest BCUT2D eigenvalue weighted by Gasteiger charge is -2.02. The summed E-state index contributed by atoms with van der Waals surface area (Å²) < 4.78 is 10.7. The Bertz CT molecular complexity index is 1110. The molecule has 2 aromatic carbocycles. The summed E-state index contributed by atoms with van der Waals surface area (Å²) in [5, 5.41) is 8.25. The number of H-pyrrole nitrogens is 1. The summed E-state index contributed by atoms with van der Waals surface area (Å²) in [6.07, 6.45) is 0. The van der Waals surface area contributed by atoms with Crippen LogP contribution in [0.5, 0.6) is 0 Å². The monoisotopic (exact) mass is 334 g/mol. The summed E-state index contributed by atoms with van der Waals surface area (Å²) in [5.74, 6) is -0.831. The van der Waals surface area contributed by atoms with E-state index in [2.05, 4.69) is 10.2 Å². The molecule has 0 unspecified atom stereocenters. The number of carbonyl (C=O) groups excluding carboxylic acids is 2. The zero-order valence-electron chi connectivity index (χ0n) is 13.4. The Kier molecular flexibility index (Phi) is 3.57. The third kappa shape index (κ3) is 2.57. The molecule has 0 spiro atoms. The van der Waals surface area contributed by atoms with Gasteiger partial charge in [0, 0.05) is 16.3 Å². The topological polar surface area (TPSA) is 85.2 Å². The second-order valence-electron chi connectivity index (χ2n) is 5.67. The molecule has 0 aliphatic rings. The molecule has 0 radical (unpaired) electrons. The molecule has 4 aromatic rings. The van der Waals surface area contributed by atoms with Gasteiger partial charge in [0.05, 0.1) is 5.52 Å². The van der Waals surface area contributed by atoms with E-state index < -0.39 is 12.6 Å². The largest absolute Gasteiger partial charge is 0.453 e. The highest BCUT2D eigenvalue weighted by Gasteiger charge is 2.21. The summed E-state index contributed by atoms with van der Waals surface area (Å²) in [6, 6.07) is 14.6. The van der Waals surface area contributed by atoms with Gasteiger partial charge in [0.15, 0.2) is 18.1 Å². The molecule has 0 saturated heterocycles. The number of hydrogen-bond acceptors (Lipinski definition) is 5. The van der Waals surface area contributed by atoms with Crippen molar-refractivity contribution >= 4 is 33.6 Å². The van der Waals surface area contributed by atoms with E-state index in [-0.39, 0.29) is 17.2 Å². The van der Waals surface area contributed by atoms with E-state index in [0.717, 1.165) is 16.5 Å². The highest BCUT2D eigenvalue weighted by molar-refractivity contribution is 6.04. The van der Waals surface area contributed by atoms with Crippen LogP contribution in [0.1, 0.15) is 26.6 Å². The van der Waals surface area contributed by atoms with Crippen molar-refractivity contribution in [2.75, 3.05) is 6.61 Å². The van der Waals surface area contributed by atoms with E-state index in [1.165, 1.54) is 0 Å². The van der Waals surface area contributed by atoms with Crippen LogP contribution in [0.25, 0.3) is 21.9 Å². The Morgan fingerprint density at radius 1 is 1.08 bits per heavy atom. The highest BCUT2D eigenvalue weighted by Crippen LogP contribution is 2.25. The first-order valence-electron chi connectivity index (χ1n) is 7.76. The van der Waals surface area contributed by atoms with Crippen LogP contribution in [0.4, 0.5) is 0 Å². The smallest absolute Gasteiger partial charge is 0.359 e. The number of aromatic nitrogens is 2. The van der Waals surface area contributed by atoms with Crippen molar-refractivity contribution < 1.29 is 18.7 Å². The first kappa shape index (κ1) is 15.1. The van der Waals surface area contributed by atoms with Crippen molar-refractivity contribution in [2.45, 2.75) is 6.92 Å². The van der Waals surface area contributed by atoms with Crippen LogP contribution in [-0.4, -0.2) is 28.6 Å². The lowest BCUT2D eigenvalue weighted by atomic mass is 10.1. The van der Waals surface area contributed by atoms with Crippen LogP contribution in [0.3, 0.4) is 0 Å². The molecule has 6 nitrogen and oxygen atoms in total. The van der Waals surface area contributed by atoms with Gasteiger partial charge in [-0.05, 0) is 19.1 Å². The second kappa shape index (κ2) is 5.90. The molecule has 0 aliphatic heterocycles. The zero-order valence-corrected chi connectivity index (χ0v) is 13.4. The maximum atomic E-state index is 12.4. The molecule has 2 aromatic heterocycles. The lowest BCUT2D eigenvalue weighted by molar-refractivity contribution is 0.0464. The Morgan fingerprint density at radius 3 is 2.60 bits per heavy atom. The molecule has 25 heavy (non-hydrogen) atoms. The summed E-state index contributed by atoms with van der Waals surface area (Å²) in [4.78, 5) is 24.6. The summed E-state index contributed by atoms with van der Waals surface area (Å²) in [5.41, 5.74) is 2.26. The lowest BCUT2D eigenvalue weighted by Crippen LogP contribution is -2.15. The average Bonchev–Trinajstić information content (AvgIpc) is 3.21. The average molecular weight is 334 g/mol. The molecule has 0 fully saturated rings. The van der Waals surface area contributed by atoms with Gasteiger partial charge in [-0.3, -0.25) is 9.89 Å². The van der Waals surface area contributed by atoms with E-state index in [1.807, 2.05) is 37.3 Å². The molecule has 6 heteroatoms. The minimum absolute atomic E-state index is 0.157. The standard InChI is InChI=1S/C19H14N2O4/c1-11-12-6-3-5-9-16(12)25-18(11)15(22)10-24-19(23)17-13-7-2-4-8-14(13)20-21-17/h2-9H,10H2,1H3,(H,20,21). The third-order valence-electron chi connectivity index (χ3n) is 4.09. The van der Waals surface area contributed by atoms with Crippen LogP contribution < -0.4 is 0 Å². The van der Waals surface area contributed by atoms with Gasteiger partial charge < -0.3 is 9.15 Å². The van der Waals surface area contributed by atoms with Crippen LogP contribution in [0.2, 0.25) is 0 Å². The highest BCUT2D eigenvalue weighted by atomic mass is 16.5. The molecule has 124 valence electrons. The zero-order chi connectivity index (χ0) is 17.4. The minimum Gasteiger partial charge on any atom is -0.453 e. The number of Topliss-reactive ketones (excluding diaryl/α,β-unsaturated/α-hetero) is 1. The Labute approximate surface area is 142 Å². The minimum atomic E-state index is -0.653. The van der Waals surface area contributed by atoms with E-state index in [4.69, 9.17) is 9.15 Å². The number of aryl methyl sites for hydroxylation is 1. The van der Waals surface area contributed by atoms with E-state index in [0.29, 0.717) is 11.0 Å². The van der Waals surface area contributed by atoms with Crippen molar-refractivity contribution in [1.29, 1.82) is 0 Å². The van der Waals surface area contributed by atoms with Gasteiger partial charge in [0.25, 0.3) is 0 Å². The number of ether oxygens (including phenoxy) is 1. The molecular formula is C19H14N2O4. The quantitative estimate of drug-likeness (QED) is 0.455. The Morgan fingerprint density at radius 2 is 1.80 bits per heavy atom. The van der Waals surface area contributed by atoms with Gasteiger partial charge in [-0.25, -0.2) is 4.79 Å². The molecule has 0 bridgehead atoms. The number of furan rings is 1. The molecule has 4 rings (SSSR count). The molecule has 0 amide bonds. The predicted octanol–water partition coefficient (Wildman–Crippen LogP) is 3.66. The Balaban J connectivity index is 1.53. The SMILES string of the molecule is Cc1c(C(=O)COC(=O)c2n[nH]c3ccccc23)oc2ccccc12. The fraction of sp³-hybridized carbons (Fsp3) is 0.105. The van der Waals surface area contributed by atoms with Gasteiger partial charge in [-0.1, -0.05) is 36.4 Å². The number of benzene rings is 2. The molecule has 2 heterocycles. The van der Waals surface area contributed by atoms with Crippen molar-refractivity contribution in [2.24, 2.45) is 0 Å². The van der Waals surface area contributed by atoms with Crippen LogP contribution in [0, 0.1) is 6.92 Å². The summed E-state index contributed by atoms with van der Waals surface area (Å²) in [7, 11) is 0. The number of esters is 1. The molecular weight excluding hydrogens is 320 g/mol. The number of rotatable bonds is 4. The van der Waals surface area contributed by atoms with Crippen LogP contribution in [0.15, 0.2) is 52.9 Å². The number of ketones is 1.